The van der Waals surface area contributed by atoms with Crippen LogP contribution in [0.3, 0.4) is 0 Å². The number of piperazine rings is 1. The second-order valence-corrected chi connectivity index (χ2v) is 4.72. The third kappa shape index (κ3) is 2.17. The zero-order valence-corrected chi connectivity index (χ0v) is 10.2. The molecule has 1 atom stereocenters. The average Bonchev–Trinajstić information content (AvgIpc) is 2.47. The fourth-order valence-corrected chi connectivity index (χ4v) is 2.62. The maximum atomic E-state index is 8.74. The number of nitrogens with zero attached hydrogens (tertiary/aromatic N) is 4. The molecule has 0 aromatic carbocycles. The molecule has 1 aromatic heterocycles. The smallest absolute Gasteiger partial charge is 0.140 e. The molecule has 2 aliphatic rings. The van der Waals surface area contributed by atoms with E-state index in [9.17, 15) is 0 Å². The first kappa shape index (κ1) is 11.5. The van der Waals surface area contributed by atoms with E-state index in [-0.39, 0.29) is 0 Å². The fraction of sp³-hybridized carbons (Fsp3) is 0.538. The highest BCUT2D eigenvalue weighted by atomic mass is 16.5. The van der Waals surface area contributed by atoms with E-state index in [2.05, 4.69) is 14.8 Å². The lowest BCUT2D eigenvalue weighted by molar-refractivity contribution is -0.0116. The van der Waals surface area contributed by atoms with Crippen LogP contribution in [0.15, 0.2) is 18.3 Å². The Kier molecular flexibility index (Phi) is 3.13. The summed E-state index contributed by atoms with van der Waals surface area (Å²) < 4.78 is 5.53. The Morgan fingerprint density at radius 1 is 1.33 bits per heavy atom. The van der Waals surface area contributed by atoms with E-state index in [1.807, 2.05) is 12.1 Å². The number of fused-ring (bicyclic) bond motifs is 1. The fourth-order valence-electron chi connectivity index (χ4n) is 2.62. The summed E-state index contributed by atoms with van der Waals surface area (Å²) in [4.78, 5) is 8.95. The Morgan fingerprint density at radius 3 is 3.06 bits per heavy atom. The molecule has 0 N–H and O–H groups in total. The molecule has 94 valence electrons. The van der Waals surface area contributed by atoms with Crippen LogP contribution < -0.4 is 4.90 Å². The van der Waals surface area contributed by atoms with Crippen LogP contribution in [-0.4, -0.2) is 55.3 Å². The quantitative estimate of drug-likeness (QED) is 0.719. The van der Waals surface area contributed by atoms with Crippen molar-refractivity contribution in [1.82, 2.24) is 9.88 Å². The van der Waals surface area contributed by atoms with E-state index in [1.165, 1.54) is 0 Å². The van der Waals surface area contributed by atoms with Crippen LogP contribution in [0.25, 0.3) is 0 Å². The van der Waals surface area contributed by atoms with Crippen molar-refractivity contribution in [3.05, 3.63) is 24.0 Å². The topological polar surface area (TPSA) is 52.4 Å². The minimum Gasteiger partial charge on any atom is -0.378 e. The van der Waals surface area contributed by atoms with E-state index < -0.39 is 0 Å². The van der Waals surface area contributed by atoms with E-state index in [1.54, 1.807) is 12.3 Å². The molecule has 0 radical (unpaired) electrons. The lowest BCUT2D eigenvalue weighted by atomic mass is 10.1. The second kappa shape index (κ2) is 4.92. The summed E-state index contributed by atoms with van der Waals surface area (Å²) in [6.07, 6.45) is 1.79. The van der Waals surface area contributed by atoms with E-state index in [0.717, 1.165) is 45.1 Å². The zero-order chi connectivity index (χ0) is 12.4. The van der Waals surface area contributed by atoms with Gasteiger partial charge in [0.05, 0.1) is 31.1 Å². The first-order chi connectivity index (χ1) is 8.86. The van der Waals surface area contributed by atoms with Crippen LogP contribution in [0.2, 0.25) is 0 Å². The van der Waals surface area contributed by atoms with Gasteiger partial charge >= 0.3 is 0 Å². The third-order valence-electron chi connectivity index (χ3n) is 3.67. The molecule has 5 nitrogen and oxygen atoms in total. The van der Waals surface area contributed by atoms with E-state index in [0.29, 0.717) is 11.7 Å². The van der Waals surface area contributed by atoms with Gasteiger partial charge in [-0.15, -0.1) is 0 Å². The Labute approximate surface area is 107 Å². The lowest BCUT2D eigenvalue weighted by Crippen LogP contribution is -2.58. The molecule has 2 fully saturated rings. The van der Waals surface area contributed by atoms with Gasteiger partial charge in [-0.2, -0.15) is 5.26 Å². The molecular weight excluding hydrogens is 228 g/mol. The molecule has 1 unspecified atom stereocenters. The van der Waals surface area contributed by atoms with Gasteiger partial charge in [-0.3, -0.25) is 4.90 Å². The van der Waals surface area contributed by atoms with Crippen molar-refractivity contribution < 1.29 is 4.74 Å². The van der Waals surface area contributed by atoms with Crippen LogP contribution in [0.1, 0.15) is 5.69 Å². The number of hydrogen-bond donors (Lipinski definition) is 0. The Bertz CT molecular complexity index is 453. The minimum absolute atomic E-state index is 0.471. The summed E-state index contributed by atoms with van der Waals surface area (Å²) >= 11 is 0. The number of hydrogen-bond acceptors (Lipinski definition) is 5. The van der Waals surface area contributed by atoms with E-state index in [4.69, 9.17) is 10.00 Å². The standard InChI is InChI=1S/C13H16N4O/c14-7-11-1-2-12(8-15-11)17-4-3-16-5-6-18-10-13(16)9-17/h1-2,8,13H,3-6,9-10H2. The molecule has 0 aliphatic carbocycles. The molecule has 3 rings (SSSR count). The molecule has 5 heteroatoms. The summed E-state index contributed by atoms with van der Waals surface area (Å²) in [5.74, 6) is 0. The summed E-state index contributed by atoms with van der Waals surface area (Å²) in [7, 11) is 0. The van der Waals surface area contributed by atoms with Gasteiger partial charge in [0.1, 0.15) is 11.8 Å². The second-order valence-electron chi connectivity index (χ2n) is 4.72. The average molecular weight is 244 g/mol. The molecular formula is C13H16N4O. The van der Waals surface area contributed by atoms with Gasteiger partial charge in [0.2, 0.25) is 0 Å². The number of anilines is 1. The van der Waals surface area contributed by atoms with Gasteiger partial charge in [0.15, 0.2) is 0 Å². The summed E-state index contributed by atoms with van der Waals surface area (Å²) in [6, 6.07) is 6.29. The number of aromatic nitrogens is 1. The maximum absolute atomic E-state index is 8.74. The van der Waals surface area contributed by atoms with Crippen LogP contribution in [-0.2, 0) is 4.74 Å². The van der Waals surface area contributed by atoms with Crippen molar-refractivity contribution in [2.45, 2.75) is 6.04 Å². The van der Waals surface area contributed by atoms with E-state index >= 15 is 0 Å². The van der Waals surface area contributed by atoms with Crippen molar-refractivity contribution in [2.75, 3.05) is 44.3 Å². The highest BCUT2D eigenvalue weighted by Gasteiger charge is 2.29. The molecule has 0 saturated carbocycles. The SMILES string of the molecule is N#Cc1ccc(N2CCN3CCOCC3C2)cn1. The van der Waals surface area contributed by atoms with Gasteiger partial charge in [-0.05, 0) is 12.1 Å². The number of rotatable bonds is 1. The number of pyridine rings is 1. The molecule has 18 heavy (non-hydrogen) atoms. The minimum atomic E-state index is 0.471. The highest BCUT2D eigenvalue weighted by molar-refractivity contribution is 5.46. The predicted octanol–water partition coefficient (Wildman–Crippen LogP) is 0.474. The molecule has 0 spiro atoms. The van der Waals surface area contributed by atoms with Gasteiger partial charge in [0.25, 0.3) is 0 Å². The van der Waals surface area contributed by atoms with Crippen molar-refractivity contribution in [3.8, 4) is 6.07 Å². The molecule has 2 saturated heterocycles. The monoisotopic (exact) mass is 244 g/mol. The third-order valence-corrected chi connectivity index (χ3v) is 3.67. The molecule has 0 amide bonds. The van der Waals surface area contributed by atoms with Gasteiger partial charge in [-0.25, -0.2) is 4.98 Å². The van der Waals surface area contributed by atoms with Gasteiger partial charge in [0, 0.05) is 26.2 Å². The Balaban J connectivity index is 1.71. The summed E-state index contributed by atoms with van der Waals surface area (Å²) in [6.45, 7) is 5.80. The molecule has 0 bridgehead atoms. The first-order valence-corrected chi connectivity index (χ1v) is 6.30. The maximum Gasteiger partial charge on any atom is 0.140 e. The lowest BCUT2D eigenvalue weighted by Gasteiger charge is -2.44. The molecule has 2 aliphatic heterocycles. The number of nitriles is 1. The summed E-state index contributed by atoms with van der Waals surface area (Å²) in [5.41, 5.74) is 1.57. The zero-order valence-electron chi connectivity index (χ0n) is 10.2. The normalized spacial score (nSPS) is 24.4. The van der Waals surface area contributed by atoms with Crippen molar-refractivity contribution in [1.29, 1.82) is 5.26 Å². The first-order valence-electron chi connectivity index (χ1n) is 6.30. The number of ether oxygens (including phenoxy) is 1. The molecule has 3 heterocycles. The van der Waals surface area contributed by atoms with Crippen LogP contribution >= 0.6 is 0 Å². The van der Waals surface area contributed by atoms with Crippen molar-refractivity contribution >= 4 is 5.69 Å². The van der Waals surface area contributed by atoms with Crippen LogP contribution in [0, 0.1) is 11.3 Å². The number of morpholine rings is 1. The summed E-state index contributed by atoms with van der Waals surface area (Å²) in [5, 5.41) is 8.74. The predicted molar refractivity (Wildman–Crippen MR) is 67.3 cm³/mol. The van der Waals surface area contributed by atoms with Crippen molar-refractivity contribution in [3.63, 3.8) is 0 Å². The van der Waals surface area contributed by atoms with Gasteiger partial charge in [-0.1, -0.05) is 0 Å². The van der Waals surface area contributed by atoms with Crippen LogP contribution in [0.4, 0.5) is 5.69 Å². The Morgan fingerprint density at radius 2 is 2.28 bits per heavy atom. The molecule has 1 aromatic rings. The largest absolute Gasteiger partial charge is 0.378 e. The van der Waals surface area contributed by atoms with Gasteiger partial charge < -0.3 is 9.64 Å². The highest BCUT2D eigenvalue weighted by Crippen LogP contribution is 2.20. The Hall–Kier alpha value is -1.64. The van der Waals surface area contributed by atoms with Crippen LogP contribution in [0.5, 0.6) is 0 Å². The van der Waals surface area contributed by atoms with Crippen molar-refractivity contribution in [2.24, 2.45) is 0 Å².